The highest BCUT2D eigenvalue weighted by Gasteiger charge is 2.39. The van der Waals surface area contributed by atoms with Crippen molar-refractivity contribution in [1.82, 2.24) is 15.1 Å². The Morgan fingerprint density at radius 2 is 1.90 bits per heavy atom. The van der Waals surface area contributed by atoms with E-state index >= 15 is 0 Å². The third-order valence-corrected chi connectivity index (χ3v) is 4.13. The molecular formula is C14H25N3O3. The molecule has 1 N–H and O–H groups in total. The average molecular weight is 283 g/mol. The summed E-state index contributed by atoms with van der Waals surface area (Å²) in [6.07, 6.45) is 3.42. The van der Waals surface area contributed by atoms with Crippen LogP contribution in [0.2, 0.25) is 0 Å². The van der Waals surface area contributed by atoms with Gasteiger partial charge < -0.3 is 15.0 Å². The van der Waals surface area contributed by atoms with Crippen molar-refractivity contribution in [2.75, 3.05) is 46.4 Å². The van der Waals surface area contributed by atoms with E-state index in [0.29, 0.717) is 26.2 Å². The lowest BCUT2D eigenvalue weighted by Crippen LogP contribution is -2.59. The van der Waals surface area contributed by atoms with Crippen molar-refractivity contribution in [1.29, 1.82) is 0 Å². The van der Waals surface area contributed by atoms with Gasteiger partial charge in [-0.25, -0.2) is 0 Å². The highest BCUT2D eigenvalue weighted by Crippen LogP contribution is 2.18. The molecule has 2 saturated heterocycles. The van der Waals surface area contributed by atoms with Crippen LogP contribution in [-0.4, -0.2) is 73.6 Å². The Kier molecular flexibility index (Phi) is 4.99. The zero-order valence-corrected chi connectivity index (χ0v) is 12.5. The first kappa shape index (κ1) is 15.3. The molecule has 1 atom stereocenters. The molecule has 2 fully saturated rings. The van der Waals surface area contributed by atoms with E-state index in [1.54, 1.807) is 14.0 Å². The van der Waals surface area contributed by atoms with Crippen molar-refractivity contribution in [3.05, 3.63) is 0 Å². The van der Waals surface area contributed by atoms with Gasteiger partial charge in [-0.05, 0) is 26.2 Å². The standard InChI is InChI=1S/C14H25N3O3/c1-14(13(19)15-2)11-16(8-9-20-14)10-12(18)17-6-4-3-5-7-17/h3-11H2,1-2H3,(H,15,19)/t14-/m1/s1. The second-order valence-corrected chi connectivity index (χ2v) is 5.81. The molecule has 6 nitrogen and oxygen atoms in total. The van der Waals surface area contributed by atoms with Crippen LogP contribution in [0.3, 0.4) is 0 Å². The summed E-state index contributed by atoms with van der Waals surface area (Å²) < 4.78 is 5.60. The molecule has 2 amide bonds. The predicted molar refractivity (Wildman–Crippen MR) is 75.3 cm³/mol. The van der Waals surface area contributed by atoms with Crippen LogP contribution in [0, 0.1) is 0 Å². The molecular weight excluding hydrogens is 258 g/mol. The third kappa shape index (κ3) is 3.49. The highest BCUT2D eigenvalue weighted by atomic mass is 16.5. The van der Waals surface area contributed by atoms with Crippen LogP contribution in [0.4, 0.5) is 0 Å². The first-order chi connectivity index (χ1) is 9.55. The van der Waals surface area contributed by atoms with E-state index in [2.05, 4.69) is 5.32 Å². The Balaban J connectivity index is 1.89. The van der Waals surface area contributed by atoms with Crippen LogP contribution in [-0.2, 0) is 14.3 Å². The number of ether oxygens (including phenoxy) is 1. The molecule has 0 aliphatic carbocycles. The van der Waals surface area contributed by atoms with E-state index in [0.717, 1.165) is 25.9 Å². The number of carbonyl (C=O) groups is 2. The Morgan fingerprint density at radius 1 is 1.20 bits per heavy atom. The molecule has 0 saturated carbocycles. The number of amides is 2. The Morgan fingerprint density at radius 3 is 2.55 bits per heavy atom. The second kappa shape index (κ2) is 6.54. The molecule has 0 radical (unpaired) electrons. The largest absolute Gasteiger partial charge is 0.363 e. The van der Waals surface area contributed by atoms with Crippen molar-refractivity contribution in [2.24, 2.45) is 0 Å². The van der Waals surface area contributed by atoms with E-state index < -0.39 is 5.60 Å². The van der Waals surface area contributed by atoms with Crippen molar-refractivity contribution in [3.8, 4) is 0 Å². The van der Waals surface area contributed by atoms with Crippen LogP contribution < -0.4 is 5.32 Å². The van der Waals surface area contributed by atoms with Crippen molar-refractivity contribution in [3.63, 3.8) is 0 Å². The van der Waals surface area contributed by atoms with Gasteiger partial charge in [0.05, 0.1) is 13.2 Å². The van der Waals surface area contributed by atoms with Gasteiger partial charge in [0.2, 0.25) is 5.91 Å². The van der Waals surface area contributed by atoms with E-state index in [4.69, 9.17) is 4.74 Å². The maximum Gasteiger partial charge on any atom is 0.253 e. The minimum atomic E-state index is -0.852. The molecule has 0 unspecified atom stereocenters. The maximum atomic E-state index is 12.3. The molecule has 2 aliphatic heterocycles. The fraction of sp³-hybridized carbons (Fsp3) is 0.857. The number of likely N-dealkylation sites (tertiary alicyclic amines) is 1. The van der Waals surface area contributed by atoms with Gasteiger partial charge in [0, 0.05) is 33.2 Å². The summed E-state index contributed by atoms with van der Waals surface area (Å²) in [4.78, 5) is 28.1. The van der Waals surface area contributed by atoms with Crippen molar-refractivity contribution < 1.29 is 14.3 Å². The zero-order valence-electron chi connectivity index (χ0n) is 12.5. The summed E-state index contributed by atoms with van der Waals surface area (Å²) in [6, 6.07) is 0. The summed E-state index contributed by atoms with van der Waals surface area (Å²) in [5.41, 5.74) is -0.852. The summed E-state index contributed by atoms with van der Waals surface area (Å²) in [6.45, 7) is 5.56. The Labute approximate surface area is 120 Å². The van der Waals surface area contributed by atoms with Gasteiger partial charge in [-0.3, -0.25) is 14.5 Å². The Bertz CT molecular complexity index is 369. The lowest BCUT2D eigenvalue weighted by atomic mass is 10.0. The molecule has 2 heterocycles. The van der Waals surface area contributed by atoms with Crippen molar-refractivity contribution in [2.45, 2.75) is 31.8 Å². The quantitative estimate of drug-likeness (QED) is 0.781. The normalized spacial score (nSPS) is 28.2. The minimum Gasteiger partial charge on any atom is -0.363 e. The topological polar surface area (TPSA) is 61.9 Å². The van der Waals surface area contributed by atoms with Crippen molar-refractivity contribution >= 4 is 11.8 Å². The maximum absolute atomic E-state index is 12.3. The molecule has 0 aromatic rings. The summed E-state index contributed by atoms with van der Waals surface area (Å²) in [5, 5.41) is 2.63. The number of carbonyl (C=O) groups excluding carboxylic acids is 2. The lowest BCUT2D eigenvalue weighted by molar-refractivity contribution is -0.158. The molecule has 114 valence electrons. The Hall–Kier alpha value is -1.14. The number of likely N-dealkylation sites (N-methyl/N-ethyl adjacent to an activating group) is 1. The number of nitrogens with one attached hydrogen (secondary N) is 1. The number of hydrogen-bond donors (Lipinski definition) is 1. The van der Waals surface area contributed by atoms with E-state index in [1.165, 1.54) is 6.42 Å². The fourth-order valence-corrected chi connectivity index (χ4v) is 2.92. The summed E-state index contributed by atoms with van der Waals surface area (Å²) in [5.74, 6) is 0.0403. The molecule has 2 rings (SSSR count). The van der Waals surface area contributed by atoms with Gasteiger partial charge in [0.1, 0.15) is 0 Å². The van der Waals surface area contributed by atoms with Gasteiger partial charge in [-0.15, -0.1) is 0 Å². The molecule has 0 spiro atoms. The third-order valence-electron chi connectivity index (χ3n) is 4.13. The average Bonchev–Trinajstić information content (AvgIpc) is 2.47. The highest BCUT2D eigenvalue weighted by molar-refractivity contribution is 5.85. The molecule has 0 aromatic heterocycles. The van der Waals surface area contributed by atoms with Gasteiger partial charge in [-0.2, -0.15) is 0 Å². The second-order valence-electron chi connectivity index (χ2n) is 5.81. The lowest BCUT2D eigenvalue weighted by Gasteiger charge is -2.39. The van der Waals surface area contributed by atoms with E-state index in [1.807, 2.05) is 9.80 Å². The van der Waals surface area contributed by atoms with Gasteiger partial charge in [-0.1, -0.05) is 0 Å². The van der Waals surface area contributed by atoms with Crippen LogP contribution >= 0.6 is 0 Å². The monoisotopic (exact) mass is 283 g/mol. The fourth-order valence-electron chi connectivity index (χ4n) is 2.92. The predicted octanol–water partition coefficient (Wildman–Crippen LogP) is -0.164. The minimum absolute atomic E-state index is 0.132. The number of rotatable bonds is 3. The van der Waals surface area contributed by atoms with Crippen LogP contribution in [0.1, 0.15) is 26.2 Å². The van der Waals surface area contributed by atoms with Crippen LogP contribution in [0.5, 0.6) is 0 Å². The molecule has 6 heteroatoms. The molecule has 20 heavy (non-hydrogen) atoms. The number of piperidine rings is 1. The number of nitrogens with zero attached hydrogens (tertiary/aromatic N) is 2. The first-order valence-electron chi connectivity index (χ1n) is 7.41. The SMILES string of the molecule is CNC(=O)[C@@]1(C)CN(CC(=O)N2CCCCC2)CCO1. The summed E-state index contributed by atoms with van der Waals surface area (Å²) in [7, 11) is 1.61. The zero-order chi connectivity index (χ0) is 14.6. The molecule has 0 aromatic carbocycles. The van der Waals surface area contributed by atoms with E-state index in [9.17, 15) is 9.59 Å². The number of morpholine rings is 1. The molecule has 2 aliphatic rings. The summed E-state index contributed by atoms with van der Waals surface area (Å²) >= 11 is 0. The van der Waals surface area contributed by atoms with E-state index in [-0.39, 0.29) is 11.8 Å². The number of hydrogen-bond acceptors (Lipinski definition) is 4. The first-order valence-corrected chi connectivity index (χ1v) is 7.41. The van der Waals surface area contributed by atoms with Crippen LogP contribution in [0.25, 0.3) is 0 Å². The van der Waals surface area contributed by atoms with Crippen LogP contribution in [0.15, 0.2) is 0 Å². The van der Waals surface area contributed by atoms with Gasteiger partial charge in [0.15, 0.2) is 5.60 Å². The van der Waals surface area contributed by atoms with Gasteiger partial charge in [0.25, 0.3) is 5.91 Å². The molecule has 0 bridgehead atoms. The smallest absolute Gasteiger partial charge is 0.253 e. The van der Waals surface area contributed by atoms with Gasteiger partial charge >= 0.3 is 0 Å².